The van der Waals surface area contributed by atoms with Crippen LogP contribution in [-0.4, -0.2) is 34.4 Å². The van der Waals surface area contributed by atoms with E-state index >= 15 is 0 Å². The zero-order chi connectivity index (χ0) is 23.8. The fourth-order valence-corrected chi connectivity index (χ4v) is 3.84. The molecule has 0 atom stereocenters. The lowest BCUT2D eigenvalue weighted by Gasteiger charge is -2.20. The van der Waals surface area contributed by atoms with Crippen LogP contribution in [0, 0.1) is 10.1 Å². The summed E-state index contributed by atoms with van der Waals surface area (Å²) in [5, 5.41) is 11.2. The van der Waals surface area contributed by atoms with Gasteiger partial charge in [-0.1, -0.05) is 0 Å². The molecule has 11 heteroatoms. The van der Waals surface area contributed by atoms with E-state index in [9.17, 15) is 24.5 Å². The summed E-state index contributed by atoms with van der Waals surface area (Å²) < 4.78 is 21.1. The fourth-order valence-electron chi connectivity index (χ4n) is 3.84. The van der Waals surface area contributed by atoms with Crippen molar-refractivity contribution < 1.29 is 37.9 Å². The number of fused-ring (bicyclic) bond motifs is 2. The van der Waals surface area contributed by atoms with Crippen LogP contribution < -0.4 is 4.74 Å². The van der Waals surface area contributed by atoms with Crippen LogP contribution in [0.2, 0.25) is 0 Å². The summed E-state index contributed by atoms with van der Waals surface area (Å²) in [6.45, 7) is -0.215. The van der Waals surface area contributed by atoms with Gasteiger partial charge in [-0.05, 0) is 30.3 Å². The molecule has 0 bridgehead atoms. The molecule has 0 spiro atoms. The molecule has 2 aliphatic heterocycles. The molecular formula is C23H16N2O9. The first-order chi connectivity index (χ1) is 16.4. The van der Waals surface area contributed by atoms with E-state index < -0.39 is 22.7 Å². The van der Waals surface area contributed by atoms with Gasteiger partial charge in [-0.25, -0.2) is 4.79 Å². The lowest BCUT2D eigenvalue weighted by atomic mass is 10.1. The van der Waals surface area contributed by atoms with Crippen molar-refractivity contribution in [3.05, 3.63) is 92.4 Å². The third-order valence-corrected chi connectivity index (χ3v) is 5.44. The van der Waals surface area contributed by atoms with E-state index in [1.54, 1.807) is 12.1 Å². The second-order valence-electron chi connectivity index (χ2n) is 7.57. The number of furan rings is 1. The highest BCUT2D eigenvalue weighted by Gasteiger charge is 2.36. The number of hydrogen-bond acceptors (Lipinski definition) is 9. The van der Waals surface area contributed by atoms with Crippen LogP contribution in [-0.2, 0) is 29.2 Å². The third kappa shape index (κ3) is 3.77. The molecule has 0 fully saturated rings. The minimum Gasteiger partial charge on any atom is -0.467 e. The van der Waals surface area contributed by atoms with Gasteiger partial charge in [0.1, 0.15) is 18.1 Å². The molecule has 0 unspecified atom stereocenters. The van der Waals surface area contributed by atoms with Crippen molar-refractivity contribution >= 4 is 23.5 Å². The zero-order valence-corrected chi connectivity index (χ0v) is 17.5. The molecule has 2 aromatic carbocycles. The number of ether oxygens (including phenoxy) is 3. The minimum atomic E-state index is -0.764. The predicted octanol–water partition coefficient (Wildman–Crippen LogP) is 3.21. The molecule has 3 heterocycles. The van der Waals surface area contributed by atoms with Crippen molar-refractivity contribution in [2.45, 2.75) is 19.8 Å². The Labute approximate surface area is 191 Å². The van der Waals surface area contributed by atoms with Crippen molar-refractivity contribution in [2.24, 2.45) is 0 Å². The molecule has 3 aromatic rings. The lowest BCUT2D eigenvalue weighted by Crippen LogP contribution is -2.28. The van der Waals surface area contributed by atoms with Crippen LogP contribution >= 0.6 is 0 Å². The molecule has 172 valence electrons. The Bertz CT molecular complexity index is 1330. The quantitative estimate of drug-likeness (QED) is 0.233. The Kier molecular flexibility index (Phi) is 5.30. The number of hydrogen-bond donors (Lipinski definition) is 0. The summed E-state index contributed by atoms with van der Waals surface area (Å²) in [4.78, 5) is 49.8. The molecule has 2 amide bonds. The molecule has 0 radical (unpaired) electrons. The Hall–Kier alpha value is -4.51. The maximum Gasteiger partial charge on any atom is 0.338 e. The highest BCUT2D eigenvalue weighted by Crippen LogP contribution is 2.33. The Morgan fingerprint density at radius 1 is 1.12 bits per heavy atom. The maximum absolute atomic E-state index is 12.8. The van der Waals surface area contributed by atoms with Gasteiger partial charge >= 0.3 is 5.97 Å². The van der Waals surface area contributed by atoms with E-state index in [0.717, 1.165) is 4.90 Å². The largest absolute Gasteiger partial charge is 0.467 e. The molecule has 34 heavy (non-hydrogen) atoms. The standard InChI is InChI=1S/C23H16N2O9/c26-21-18-4-3-13(8-19(18)22(27)24(21)9-17-2-1-5-32-17)23(28)33-11-15-7-16(25(29)30)6-14-10-31-12-34-20(14)15/h1-8H,9-12H2. The van der Waals surface area contributed by atoms with E-state index in [-0.39, 0.29) is 48.9 Å². The van der Waals surface area contributed by atoms with Crippen molar-refractivity contribution in [3.8, 4) is 5.75 Å². The molecule has 5 rings (SSSR count). The van der Waals surface area contributed by atoms with Gasteiger partial charge in [0.15, 0.2) is 6.79 Å². The normalized spacial score (nSPS) is 14.4. The van der Waals surface area contributed by atoms with Gasteiger partial charge in [0, 0.05) is 23.3 Å². The second kappa shape index (κ2) is 8.45. The molecule has 0 saturated carbocycles. The van der Waals surface area contributed by atoms with Gasteiger partial charge in [-0.2, -0.15) is 0 Å². The molecule has 2 aliphatic rings. The van der Waals surface area contributed by atoms with Gasteiger partial charge in [0.25, 0.3) is 17.5 Å². The number of imide groups is 1. The minimum absolute atomic E-state index is 0.0266. The van der Waals surface area contributed by atoms with Crippen LogP contribution in [0.5, 0.6) is 5.75 Å². The number of non-ortho nitro benzene ring substituents is 1. The second-order valence-corrected chi connectivity index (χ2v) is 7.57. The highest BCUT2D eigenvalue weighted by molar-refractivity contribution is 6.21. The summed E-state index contributed by atoms with van der Waals surface area (Å²) >= 11 is 0. The molecular weight excluding hydrogens is 448 g/mol. The molecule has 0 N–H and O–H groups in total. The monoisotopic (exact) mass is 464 g/mol. The van der Waals surface area contributed by atoms with E-state index in [2.05, 4.69) is 0 Å². The maximum atomic E-state index is 12.8. The number of rotatable bonds is 6. The topological polar surface area (TPSA) is 138 Å². The summed E-state index contributed by atoms with van der Waals surface area (Å²) in [6.07, 6.45) is 1.44. The van der Waals surface area contributed by atoms with Gasteiger partial charge < -0.3 is 18.6 Å². The van der Waals surface area contributed by atoms with Crippen LogP contribution in [0.25, 0.3) is 0 Å². The number of esters is 1. The predicted molar refractivity (Wildman–Crippen MR) is 112 cm³/mol. The average molecular weight is 464 g/mol. The SMILES string of the molecule is O=C(OCc1cc([N+](=O)[O-])cc2c1OCOC2)c1ccc2c(c1)C(=O)N(Cc1ccco1)C2=O. The summed E-state index contributed by atoms with van der Waals surface area (Å²) in [6, 6.07) is 9.99. The average Bonchev–Trinajstić information content (AvgIpc) is 3.44. The van der Waals surface area contributed by atoms with Crippen molar-refractivity contribution in [1.82, 2.24) is 4.90 Å². The number of nitro groups is 1. The smallest absolute Gasteiger partial charge is 0.338 e. The summed E-state index contributed by atoms with van der Waals surface area (Å²) in [5.41, 5.74) is 0.927. The van der Waals surface area contributed by atoms with Crippen molar-refractivity contribution in [3.63, 3.8) is 0 Å². The van der Waals surface area contributed by atoms with Gasteiger partial charge in [-0.3, -0.25) is 24.6 Å². The van der Waals surface area contributed by atoms with E-state index in [1.165, 1.54) is 36.6 Å². The molecule has 1 aromatic heterocycles. The Morgan fingerprint density at radius 3 is 2.71 bits per heavy atom. The van der Waals surface area contributed by atoms with Crippen molar-refractivity contribution in [1.29, 1.82) is 0 Å². The Morgan fingerprint density at radius 2 is 1.94 bits per heavy atom. The lowest BCUT2D eigenvalue weighted by molar-refractivity contribution is -0.385. The highest BCUT2D eigenvalue weighted by atomic mass is 16.7. The summed E-state index contributed by atoms with van der Waals surface area (Å²) in [7, 11) is 0. The van der Waals surface area contributed by atoms with Gasteiger partial charge in [-0.15, -0.1) is 0 Å². The first-order valence-electron chi connectivity index (χ1n) is 10.1. The number of carbonyl (C=O) groups is 3. The van der Waals surface area contributed by atoms with E-state index in [4.69, 9.17) is 18.6 Å². The van der Waals surface area contributed by atoms with Crippen LogP contribution in [0.15, 0.2) is 53.1 Å². The number of amides is 2. The first kappa shape index (κ1) is 21.3. The van der Waals surface area contributed by atoms with Crippen LogP contribution in [0.3, 0.4) is 0 Å². The molecule has 0 aliphatic carbocycles. The summed E-state index contributed by atoms with van der Waals surface area (Å²) in [5.74, 6) is -0.985. The van der Waals surface area contributed by atoms with Gasteiger partial charge in [0.05, 0.1) is 41.0 Å². The third-order valence-electron chi connectivity index (χ3n) is 5.44. The van der Waals surface area contributed by atoms with Crippen LogP contribution in [0.1, 0.15) is 48.0 Å². The molecule has 0 saturated heterocycles. The van der Waals surface area contributed by atoms with Gasteiger partial charge in [0.2, 0.25) is 0 Å². The number of carbonyl (C=O) groups excluding carboxylic acids is 3. The fraction of sp³-hybridized carbons (Fsp3) is 0.174. The number of benzene rings is 2. The van der Waals surface area contributed by atoms with Crippen molar-refractivity contribution in [2.75, 3.05) is 6.79 Å². The van der Waals surface area contributed by atoms with E-state index in [1.807, 2.05) is 0 Å². The van der Waals surface area contributed by atoms with E-state index in [0.29, 0.717) is 22.6 Å². The first-order valence-corrected chi connectivity index (χ1v) is 10.1. The number of nitrogens with zero attached hydrogens (tertiary/aromatic N) is 2. The molecule has 11 nitrogen and oxygen atoms in total. The van der Waals surface area contributed by atoms with Crippen LogP contribution in [0.4, 0.5) is 5.69 Å². The number of nitro benzene ring substituents is 1. The zero-order valence-electron chi connectivity index (χ0n) is 17.5. The Balaban J connectivity index is 1.34.